The van der Waals surface area contributed by atoms with E-state index in [0.717, 1.165) is 0 Å². The summed E-state index contributed by atoms with van der Waals surface area (Å²) >= 11 is 0. The van der Waals surface area contributed by atoms with Gasteiger partial charge in [0.1, 0.15) is 0 Å². The largest absolute Gasteiger partial charge is 0.0622 e. The summed E-state index contributed by atoms with van der Waals surface area (Å²) in [4.78, 5) is 0. The molecule has 3 aromatic rings. The Hall–Kier alpha value is -2.08. The van der Waals surface area contributed by atoms with Crippen LogP contribution in [0.4, 0.5) is 0 Å². The topological polar surface area (TPSA) is 0 Å². The van der Waals surface area contributed by atoms with E-state index in [0.29, 0.717) is 0 Å². The minimum Gasteiger partial charge on any atom is -0.0622 e. The van der Waals surface area contributed by atoms with Gasteiger partial charge in [0.05, 0.1) is 0 Å². The van der Waals surface area contributed by atoms with Crippen molar-refractivity contribution in [3.05, 3.63) is 72.3 Å². The molecule has 0 saturated carbocycles. The van der Waals surface area contributed by atoms with Crippen molar-refractivity contribution in [2.24, 2.45) is 0 Å². The fourth-order valence-corrected chi connectivity index (χ4v) is 2.18. The van der Waals surface area contributed by atoms with Crippen LogP contribution in [0.2, 0.25) is 0 Å². The van der Waals surface area contributed by atoms with E-state index in [1.165, 1.54) is 27.5 Å². The van der Waals surface area contributed by atoms with Gasteiger partial charge in [-0.15, -0.1) is 0 Å². The second kappa shape index (κ2) is 4.06. The molecule has 0 aliphatic heterocycles. The second-order valence-electron chi connectivity index (χ2n) is 4.43. The van der Waals surface area contributed by atoms with Gasteiger partial charge in [0.2, 0.25) is 0 Å². The lowest BCUT2D eigenvalue weighted by atomic mass is 10.0. The summed E-state index contributed by atoms with van der Waals surface area (Å²) in [5.74, 6) is 0. The molecule has 3 aromatic carbocycles. The molecule has 0 unspecified atom stereocenters. The van der Waals surface area contributed by atoms with Crippen molar-refractivity contribution < 1.29 is 0 Å². The van der Waals surface area contributed by atoms with Crippen LogP contribution in [-0.4, -0.2) is 0 Å². The summed E-state index contributed by atoms with van der Waals surface area (Å²) in [6, 6.07) is 23.7. The fourth-order valence-electron chi connectivity index (χ4n) is 2.18. The average molecular weight is 218 g/mol. The number of rotatable bonds is 1. The van der Waals surface area contributed by atoms with Crippen LogP contribution < -0.4 is 0 Å². The minimum atomic E-state index is 1.27. The summed E-state index contributed by atoms with van der Waals surface area (Å²) in [5.41, 5.74) is 3.86. The van der Waals surface area contributed by atoms with Crippen LogP contribution in [-0.2, 0) is 0 Å². The summed E-state index contributed by atoms with van der Waals surface area (Å²) < 4.78 is 0. The standard InChI is InChI=1S/C17H14/c1-13-7-8-17-12-16(10-9-15(17)11-13)14-5-3-2-4-6-14/h2-12H,1H3. The van der Waals surface area contributed by atoms with Crippen LogP contribution in [0, 0.1) is 6.92 Å². The number of hydrogen-bond donors (Lipinski definition) is 0. The first kappa shape index (κ1) is 10.1. The number of aryl methyl sites for hydroxylation is 1. The molecule has 0 amide bonds. The molecular weight excluding hydrogens is 204 g/mol. The Bertz CT molecular complexity index is 651. The third-order valence-electron chi connectivity index (χ3n) is 3.10. The van der Waals surface area contributed by atoms with Gasteiger partial charge in [0.25, 0.3) is 0 Å². The lowest BCUT2D eigenvalue weighted by Crippen LogP contribution is -1.79. The van der Waals surface area contributed by atoms with Gasteiger partial charge in [-0.1, -0.05) is 66.2 Å². The molecule has 0 nitrogen and oxygen atoms in total. The van der Waals surface area contributed by atoms with Crippen molar-refractivity contribution in [1.29, 1.82) is 0 Å². The average Bonchev–Trinajstić information content (AvgIpc) is 2.39. The van der Waals surface area contributed by atoms with E-state index >= 15 is 0 Å². The molecule has 0 atom stereocenters. The predicted molar refractivity (Wildman–Crippen MR) is 74.1 cm³/mol. The summed E-state index contributed by atoms with van der Waals surface area (Å²) in [6.07, 6.45) is 0. The predicted octanol–water partition coefficient (Wildman–Crippen LogP) is 4.82. The van der Waals surface area contributed by atoms with Crippen molar-refractivity contribution in [2.45, 2.75) is 6.92 Å². The molecule has 82 valence electrons. The third kappa shape index (κ3) is 1.94. The maximum Gasteiger partial charge on any atom is -0.0178 e. The van der Waals surface area contributed by atoms with Gasteiger partial charge in [-0.25, -0.2) is 0 Å². The normalized spacial score (nSPS) is 10.6. The molecule has 0 saturated heterocycles. The van der Waals surface area contributed by atoms with Crippen LogP contribution in [0.3, 0.4) is 0 Å². The van der Waals surface area contributed by atoms with E-state index < -0.39 is 0 Å². The third-order valence-corrected chi connectivity index (χ3v) is 3.10. The minimum absolute atomic E-state index is 1.27. The van der Waals surface area contributed by atoms with Crippen LogP contribution >= 0.6 is 0 Å². The zero-order valence-corrected chi connectivity index (χ0v) is 9.85. The van der Waals surface area contributed by atoms with Gasteiger partial charge in [0.15, 0.2) is 0 Å². The van der Waals surface area contributed by atoms with E-state index in [2.05, 4.69) is 67.6 Å². The highest BCUT2D eigenvalue weighted by Gasteiger charge is 1.99. The maximum atomic E-state index is 2.25. The van der Waals surface area contributed by atoms with Crippen molar-refractivity contribution in [1.82, 2.24) is 0 Å². The van der Waals surface area contributed by atoms with Gasteiger partial charge >= 0.3 is 0 Å². The fraction of sp³-hybridized carbons (Fsp3) is 0.0588. The van der Waals surface area contributed by atoms with Crippen molar-refractivity contribution in [2.75, 3.05) is 0 Å². The smallest absolute Gasteiger partial charge is 0.0178 e. The van der Waals surface area contributed by atoms with Crippen LogP contribution in [0.5, 0.6) is 0 Å². The van der Waals surface area contributed by atoms with E-state index in [-0.39, 0.29) is 0 Å². The first-order chi connectivity index (χ1) is 8.33. The molecule has 3 rings (SSSR count). The van der Waals surface area contributed by atoms with Crippen LogP contribution in [0.25, 0.3) is 21.9 Å². The Morgan fingerprint density at radius 3 is 2.12 bits per heavy atom. The van der Waals surface area contributed by atoms with E-state index in [4.69, 9.17) is 0 Å². The zero-order chi connectivity index (χ0) is 11.7. The van der Waals surface area contributed by atoms with Crippen molar-refractivity contribution in [3.63, 3.8) is 0 Å². The molecule has 0 aliphatic carbocycles. The highest BCUT2D eigenvalue weighted by Crippen LogP contribution is 2.24. The van der Waals surface area contributed by atoms with Crippen LogP contribution in [0.15, 0.2) is 66.7 Å². The van der Waals surface area contributed by atoms with Crippen molar-refractivity contribution >= 4 is 10.8 Å². The number of fused-ring (bicyclic) bond motifs is 1. The molecule has 0 heterocycles. The summed E-state index contributed by atoms with van der Waals surface area (Å²) in [6.45, 7) is 2.13. The molecule has 17 heavy (non-hydrogen) atoms. The monoisotopic (exact) mass is 218 g/mol. The molecule has 0 heteroatoms. The molecule has 0 bridgehead atoms. The van der Waals surface area contributed by atoms with Crippen LogP contribution in [0.1, 0.15) is 5.56 Å². The molecular formula is C17H14. The Labute approximate surface area is 102 Å². The summed E-state index contributed by atoms with van der Waals surface area (Å²) in [5, 5.41) is 2.61. The van der Waals surface area contributed by atoms with Gasteiger partial charge in [-0.05, 0) is 34.9 Å². The Kier molecular flexibility index (Phi) is 2.41. The highest BCUT2D eigenvalue weighted by molar-refractivity contribution is 5.87. The molecule has 0 N–H and O–H groups in total. The number of hydrogen-bond acceptors (Lipinski definition) is 0. The molecule has 0 spiro atoms. The molecule has 0 aromatic heterocycles. The van der Waals surface area contributed by atoms with Gasteiger partial charge < -0.3 is 0 Å². The lowest BCUT2D eigenvalue weighted by Gasteiger charge is -2.04. The first-order valence-corrected chi connectivity index (χ1v) is 5.89. The zero-order valence-electron chi connectivity index (χ0n) is 9.85. The SMILES string of the molecule is Cc1ccc2cc(-c3ccccc3)ccc2c1. The van der Waals surface area contributed by atoms with E-state index in [1.54, 1.807) is 0 Å². The van der Waals surface area contributed by atoms with Gasteiger partial charge in [-0.3, -0.25) is 0 Å². The van der Waals surface area contributed by atoms with Crippen molar-refractivity contribution in [3.8, 4) is 11.1 Å². The summed E-state index contributed by atoms with van der Waals surface area (Å²) in [7, 11) is 0. The maximum absolute atomic E-state index is 2.25. The molecule has 0 fully saturated rings. The Balaban J connectivity index is 2.17. The van der Waals surface area contributed by atoms with E-state index in [1.807, 2.05) is 6.07 Å². The Morgan fingerprint density at radius 2 is 1.29 bits per heavy atom. The highest BCUT2D eigenvalue weighted by atomic mass is 14.0. The number of benzene rings is 3. The second-order valence-corrected chi connectivity index (χ2v) is 4.43. The van der Waals surface area contributed by atoms with E-state index in [9.17, 15) is 0 Å². The quantitative estimate of drug-likeness (QED) is 0.549. The van der Waals surface area contributed by atoms with Gasteiger partial charge in [-0.2, -0.15) is 0 Å². The lowest BCUT2D eigenvalue weighted by molar-refractivity contribution is 1.50. The molecule has 0 radical (unpaired) electrons. The molecule has 0 aliphatic rings. The van der Waals surface area contributed by atoms with Gasteiger partial charge in [0, 0.05) is 0 Å². The Morgan fingerprint density at radius 1 is 0.588 bits per heavy atom. The first-order valence-electron chi connectivity index (χ1n) is 5.89.